The number of halogens is 3. The van der Waals surface area contributed by atoms with E-state index in [4.69, 9.17) is 0 Å². The first-order chi connectivity index (χ1) is 7.95. The van der Waals surface area contributed by atoms with Crippen LogP contribution in [0.4, 0.5) is 18.0 Å². The van der Waals surface area contributed by atoms with Crippen LogP contribution < -0.4 is 5.32 Å². The van der Waals surface area contributed by atoms with Gasteiger partial charge in [-0.05, 0) is 6.42 Å². The fraction of sp³-hybridized carbons (Fsp3) is 0.909. The Bertz CT molecular complexity index is 207. The Morgan fingerprint density at radius 3 is 2.29 bits per heavy atom. The van der Waals surface area contributed by atoms with E-state index in [1.807, 2.05) is 0 Å². The maximum Gasteiger partial charge on any atom is 0.422 e. The van der Waals surface area contributed by atoms with Gasteiger partial charge in [-0.25, -0.2) is 4.79 Å². The molecule has 0 unspecified atom stereocenters. The zero-order valence-corrected chi connectivity index (χ0v) is 10.1. The summed E-state index contributed by atoms with van der Waals surface area (Å²) in [7, 11) is 0. The van der Waals surface area contributed by atoms with Gasteiger partial charge in [0.25, 0.3) is 0 Å². The summed E-state index contributed by atoms with van der Waals surface area (Å²) >= 11 is 0. The summed E-state index contributed by atoms with van der Waals surface area (Å²) in [6.45, 7) is 0.955. The van der Waals surface area contributed by atoms with E-state index in [1.165, 1.54) is 12.8 Å². The van der Waals surface area contributed by atoms with Gasteiger partial charge in [0, 0.05) is 6.54 Å². The Labute approximate surface area is 99.7 Å². The topological polar surface area (TPSA) is 38.3 Å². The third kappa shape index (κ3) is 13.0. The number of nitrogens with one attached hydrogen (secondary N) is 1. The largest absolute Gasteiger partial charge is 0.440 e. The highest BCUT2D eigenvalue weighted by atomic mass is 19.4. The average molecular weight is 255 g/mol. The number of amides is 1. The van der Waals surface area contributed by atoms with Crippen molar-refractivity contribution in [2.24, 2.45) is 0 Å². The molecule has 0 aliphatic rings. The second kappa shape index (κ2) is 9.13. The van der Waals surface area contributed by atoms with Crippen LogP contribution in [-0.4, -0.2) is 25.4 Å². The van der Waals surface area contributed by atoms with Crippen LogP contribution in [0.5, 0.6) is 0 Å². The van der Waals surface area contributed by atoms with Crippen molar-refractivity contribution in [2.75, 3.05) is 13.2 Å². The molecule has 0 spiro atoms. The molecule has 0 rings (SSSR count). The first kappa shape index (κ1) is 16.1. The van der Waals surface area contributed by atoms with Gasteiger partial charge in [-0.2, -0.15) is 13.2 Å². The van der Waals surface area contributed by atoms with E-state index < -0.39 is 18.9 Å². The number of hydrogen-bond donors (Lipinski definition) is 1. The maximum atomic E-state index is 11.7. The molecule has 17 heavy (non-hydrogen) atoms. The normalized spacial score (nSPS) is 11.3. The molecule has 102 valence electrons. The van der Waals surface area contributed by atoms with Gasteiger partial charge < -0.3 is 10.1 Å². The number of alkyl halides is 3. The molecule has 0 heterocycles. The highest BCUT2D eigenvalue weighted by Gasteiger charge is 2.29. The molecule has 0 aliphatic heterocycles. The molecule has 1 amide bonds. The van der Waals surface area contributed by atoms with Gasteiger partial charge in [-0.15, -0.1) is 0 Å². The third-order valence-electron chi connectivity index (χ3n) is 2.17. The Morgan fingerprint density at radius 2 is 1.71 bits per heavy atom. The molecule has 0 aliphatic carbocycles. The average Bonchev–Trinajstić information content (AvgIpc) is 2.24. The Balaban J connectivity index is 3.28. The van der Waals surface area contributed by atoms with Crippen LogP contribution in [0.1, 0.15) is 45.4 Å². The molecule has 0 saturated carbocycles. The van der Waals surface area contributed by atoms with Gasteiger partial charge in [0.15, 0.2) is 6.61 Å². The van der Waals surface area contributed by atoms with Crippen LogP contribution in [0.3, 0.4) is 0 Å². The van der Waals surface area contributed by atoms with Crippen molar-refractivity contribution >= 4 is 6.09 Å². The molecule has 3 nitrogen and oxygen atoms in total. The maximum absolute atomic E-state index is 11.7. The zero-order valence-electron chi connectivity index (χ0n) is 10.1. The van der Waals surface area contributed by atoms with Crippen molar-refractivity contribution in [3.8, 4) is 0 Å². The number of alkyl carbamates (subject to hydrolysis) is 1. The van der Waals surface area contributed by atoms with E-state index >= 15 is 0 Å². The van der Waals surface area contributed by atoms with Gasteiger partial charge in [-0.3, -0.25) is 0 Å². The quantitative estimate of drug-likeness (QED) is 0.672. The lowest BCUT2D eigenvalue weighted by Gasteiger charge is -2.08. The number of carbonyl (C=O) groups is 1. The van der Waals surface area contributed by atoms with Crippen molar-refractivity contribution in [3.05, 3.63) is 0 Å². The smallest absolute Gasteiger partial charge is 0.422 e. The highest BCUT2D eigenvalue weighted by molar-refractivity contribution is 5.67. The van der Waals surface area contributed by atoms with E-state index in [2.05, 4.69) is 17.0 Å². The molecule has 0 fully saturated rings. The summed E-state index contributed by atoms with van der Waals surface area (Å²) in [6, 6.07) is 0. The minimum Gasteiger partial charge on any atom is -0.440 e. The number of hydrogen-bond acceptors (Lipinski definition) is 2. The first-order valence-corrected chi connectivity index (χ1v) is 5.93. The SMILES string of the molecule is CCCCCCCCNC(=O)OCC(F)(F)F. The summed E-state index contributed by atoms with van der Waals surface area (Å²) in [5.41, 5.74) is 0. The molecule has 6 heteroatoms. The lowest BCUT2D eigenvalue weighted by molar-refractivity contribution is -0.160. The summed E-state index contributed by atoms with van der Waals surface area (Å²) in [5.74, 6) is 0. The molecule has 0 atom stereocenters. The molecular weight excluding hydrogens is 235 g/mol. The van der Waals surface area contributed by atoms with Gasteiger partial charge >= 0.3 is 12.3 Å². The molecule has 0 radical (unpaired) electrons. The van der Waals surface area contributed by atoms with Crippen LogP contribution in [0.2, 0.25) is 0 Å². The predicted octanol–water partition coefficient (Wildman–Crippen LogP) is 3.64. The zero-order chi connectivity index (χ0) is 13.1. The summed E-state index contributed by atoms with van der Waals surface area (Å²) in [5, 5.41) is 2.28. The second-order valence-electron chi connectivity index (χ2n) is 3.89. The van der Waals surface area contributed by atoms with Crippen LogP contribution in [0.25, 0.3) is 0 Å². The summed E-state index contributed by atoms with van der Waals surface area (Å²) in [6.07, 6.45) is 0.892. The fourth-order valence-electron chi connectivity index (χ4n) is 1.29. The molecule has 0 bridgehead atoms. The molecular formula is C11H20F3NO2. The van der Waals surface area contributed by atoms with E-state index in [1.54, 1.807) is 0 Å². The van der Waals surface area contributed by atoms with E-state index in [0.717, 1.165) is 25.7 Å². The van der Waals surface area contributed by atoms with Gasteiger partial charge in [-0.1, -0.05) is 39.0 Å². The van der Waals surface area contributed by atoms with E-state index in [9.17, 15) is 18.0 Å². The van der Waals surface area contributed by atoms with Crippen LogP contribution in [-0.2, 0) is 4.74 Å². The monoisotopic (exact) mass is 255 g/mol. The Hall–Kier alpha value is -0.940. The van der Waals surface area contributed by atoms with E-state index in [-0.39, 0.29) is 0 Å². The van der Waals surface area contributed by atoms with Crippen molar-refractivity contribution in [1.29, 1.82) is 0 Å². The summed E-state index contributed by atoms with van der Waals surface area (Å²) in [4.78, 5) is 10.8. The number of carbonyl (C=O) groups excluding carboxylic acids is 1. The second-order valence-corrected chi connectivity index (χ2v) is 3.89. The fourth-order valence-corrected chi connectivity index (χ4v) is 1.29. The number of unbranched alkanes of at least 4 members (excludes halogenated alkanes) is 5. The van der Waals surface area contributed by atoms with Crippen LogP contribution in [0, 0.1) is 0 Å². The predicted molar refractivity (Wildman–Crippen MR) is 58.8 cm³/mol. The van der Waals surface area contributed by atoms with Gasteiger partial charge in [0.1, 0.15) is 0 Å². The molecule has 0 saturated heterocycles. The minimum absolute atomic E-state index is 0.364. The van der Waals surface area contributed by atoms with Crippen LogP contribution in [0.15, 0.2) is 0 Å². The standard InChI is InChI=1S/C11H20F3NO2/c1-2-3-4-5-6-7-8-15-10(16)17-9-11(12,13)14/h2-9H2,1H3,(H,15,16). The van der Waals surface area contributed by atoms with Crippen molar-refractivity contribution in [3.63, 3.8) is 0 Å². The molecule has 0 aromatic carbocycles. The Morgan fingerprint density at radius 1 is 1.12 bits per heavy atom. The third-order valence-corrected chi connectivity index (χ3v) is 2.17. The molecule has 0 aromatic heterocycles. The highest BCUT2D eigenvalue weighted by Crippen LogP contribution is 2.14. The first-order valence-electron chi connectivity index (χ1n) is 5.93. The Kier molecular flexibility index (Phi) is 8.62. The van der Waals surface area contributed by atoms with Crippen molar-refractivity contribution < 1.29 is 22.7 Å². The van der Waals surface area contributed by atoms with Crippen molar-refractivity contribution in [2.45, 2.75) is 51.6 Å². The molecule has 0 aromatic rings. The lowest BCUT2D eigenvalue weighted by Crippen LogP contribution is -2.29. The van der Waals surface area contributed by atoms with Crippen LogP contribution >= 0.6 is 0 Å². The number of ether oxygens (including phenoxy) is 1. The lowest BCUT2D eigenvalue weighted by atomic mass is 10.1. The number of rotatable bonds is 8. The molecule has 1 N–H and O–H groups in total. The van der Waals surface area contributed by atoms with Gasteiger partial charge in [0.2, 0.25) is 0 Å². The van der Waals surface area contributed by atoms with Crippen molar-refractivity contribution in [1.82, 2.24) is 5.32 Å². The summed E-state index contributed by atoms with van der Waals surface area (Å²) < 4.78 is 39.0. The van der Waals surface area contributed by atoms with E-state index in [0.29, 0.717) is 6.54 Å². The minimum atomic E-state index is -4.46. The van der Waals surface area contributed by atoms with Gasteiger partial charge in [0.05, 0.1) is 0 Å².